The lowest BCUT2D eigenvalue weighted by Crippen LogP contribution is -1.85. The minimum absolute atomic E-state index is 0.164. The van der Waals surface area contributed by atoms with Crippen LogP contribution in [0.15, 0.2) is 51.6 Å². The van der Waals surface area contributed by atoms with E-state index in [1.807, 2.05) is 24.3 Å². The van der Waals surface area contributed by atoms with Gasteiger partial charge >= 0.3 is 0 Å². The molecule has 0 amide bonds. The first-order valence-corrected chi connectivity index (χ1v) is 5.87. The number of nitrogens with zero attached hydrogens (tertiary/aromatic N) is 1. The number of phenols is 1. The van der Waals surface area contributed by atoms with Gasteiger partial charge in [0.05, 0.1) is 6.26 Å². The molecule has 2 aromatic heterocycles. The monoisotopic (exact) mass is 289 g/mol. The van der Waals surface area contributed by atoms with Crippen molar-refractivity contribution in [1.82, 2.24) is 4.98 Å². The minimum Gasteiger partial charge on any atom is -0.506 e. The van der Waals surface area contributed by atoms with Gasteiger partial charge in [0, 0.05) is 9.86 Å². The molecule has 3 rings (SSSR count). The zero-order chi connectivity index (χ0) is 11.8. The second-order valence-electron chi connectivity index (χ2n) is 3.64. The molecule has 84 valence electrons. The summed E-state index contributed by atoms with van der Waals surface area (Å²) in [5.74, 6) is 0.850. The van der Waals surface area contributed by atoms with Crippen LogP contribution in [0.4, 0.5) is 0 Å². The lowest BCUT2D eigenvalue weighted by molar-refractivity contribution is 0.480. The molecule has 17 heavy (non-hydrogen) atoms. The van der Waals surface area contributed by atoms with Crippen molar-refractivity contribution in [3.05, 3.63) is 47.1 Å². The molecule has 3 aromatic rings. The summed E-state index contributed by atoms with van der Waals surface area (Å²) in [5.41, 5.74) is 1.27. The van der Waals surface area contributed by atoms with Gasteiger partial charge in [0.2, 0.25) is 0 Å². The Morgan fingerprint density at radius 2 is 2.00 bits per heavy atom. The van der Waals surface area contributed by atoms with E-state index >= 15 is 0 Å². The molecule has 0 saturated carbocycles. The molecule has 0 unspecified atom stereocenters. The third kappa shape index (κ3) is 1.70. The number of pyridine rings is 1. The molecule has 3 nitrogen and oxygen atoms in total. The number of benzene rings is 1. The predicted octanol–water partition coefficient (Wildman–Crippen LogP) is 3.96. The Morgan fingerprint density at radius 3 is 2.76 bits per heavy atom. The van der Waals surface area contributed by atoms with E-state index in [0.717, 1.165) is 9.86 Å². The van der Waals surface area contributed by atoms with Gasteiger partial charge in [0.25, 0.3) is 0 Å². The molecule has 0 radical (unpaired) electrons. The Balaban J connectivity index is 2.29. The number of halogens is 1. The summed E-state index contributed by atoms with van der Waals surface area (Å²) in [6, 6.07) is 10.8. The van der Waals surface area contributed by atoms with E-state index in [1.165, 1.54) is 0 Å². The highest BCUT2D eigenvalue weighted by Gasteiger charge is 2.08. The van der Waals surface area contributed by atoms with Crippen LogP contribution >= 0.6 is 15.9 Å². The third-order valence-electron chi connectivity index (χ3n) is 2.56. The van der Waals surface area contributed by atoms with E-state index in [-0.39, 0.29) is 5.75 Å². The Kier molecular flexibility index (Phi) is 2.37. The van der Waals surface area contributed by atoms with Gasteiger partial charge in [-0.25, -0.2) is 4.98 Å². The smallest absolute Gasteiger partial charge is 0.152 e. The van der Waals surface area contributed by atoms with Crippen LogP contribution in [0.5, 0.6) is 5.75 Å². The predicted molar refractivity (Wildman–Crippen MR) is 68.8 cm³/mol. The first-order valence-electron chi connectivity index (χ1n) is 5.08. The van der Waals surface area contributed by atoms with Gasteiger partial charge in [-0.1, -0.05) is 15.9 Å². The first kappa shape index (κ1) is 10.4. The number of hydrogen-bond donors (Lipinski definition) is 1. The van der Waals surface area contributed by atoms with E-state index in [4.69, 9.17) is 4.42 Å². The molecule has 0 spiro atoms. The lowest BCUT2D eigenvalue weighted by Gasteiger charge is -2.04. The zero-order valence-electron chi connectivity index (χ0n) is 8.72. The van der Waals surface area contributed by atoms with Crippen molar-refractivity contribution in [1.29, 1.82) is 0 Å². The summed E-state index contributed by atoms with van der Waals surface area (Å²) in [4.78, 5) is 4.40. The maximum atomic E-state index is 9.80. The van der Waals surface area contributed by atoms with E-state index in [1.54, 1.807) is 18.4 Å². The maximum Gasteiger partial charge on any atom is 0.152 e. The second kappa shape index (κ2) is 3.89. The summed E-state index contributed by atoms with van der Waals surface area (Å²) in [5, 5.41) is 10.7. The van der Waals surface area contributed by atoms with Crippen LogP contribution in [0.3, 0.4) is 0 Å². The van der Waals surface area contributed by atoms with E-state index in [2.05, 4.69) is 20.9 Å². The molecule has 0 bridgehead atoms. The Morgan fingerprint density at radius 1 is 1.12 bits per heavy atom. The van der Waals surface area contributed by atoms with Crippen molar-refractivity contribution >= 4 is 26.8 Å². The molecule has 0 aliphatic rings. The fraction of sp³-hybridized carbons (Fsp3) is 0. The SMILES string of the molecule is Oc1ccc(Br)c2ccc(-c3ccco3)nc12. The number of aromatic hydroxyl groups is 1. The van der Waals surface area contributed by atoms with Gasteiger partial charge in [0.1, 0.15) is 17.0 Å². The molecule has 1 aromatic carbocycles. The summed E-state index contributed by atoms with van der Waals surface area (Å²) < 4.78 is 6.19. The van der Waals surface area contributed by atoms with E-state index in [9.17, 15) is 5.11 Å². The number of aromatic nitrogens is 1. The van der Waals surface area contributed by atoms with Gasteiger partial charge in [-0.05, 0) is 36.4 Å². The number of fused-ring (bicyclic) bond motifs is 1. The molecular weight excluding hydrogens is 282 g/mol. The number of phenolic OH excluding ortho intramolecular Hbond substituents is 1. The summed E-state index contributed by atoms with van der Waals surface area (Å²) in [6.45, 7) is 0. The highest BCUT2D eigenvalue weighted by Crippen LogP contribution is 2.31. The second-order valence-corrected chi connectivity index (χ2v) is 4.49. The van der Waals surface area contributed by atoms with Crippen molar-refractivity contribution < 1.29 is 9.52 Å². The van der Waals surface area contributed by atoms with Crippen LogP contribution in [0.1, 0.15) is 0 Å². The highest BCUT2D eigenvalue weighted by molar-refractivity contribution is 9.10. The van der Waals surface area contributed by atoms with Gasteiger partial charge < -0.3 is 9.52 Å². The average Bonchev–Trinajstić information content (AvgIpc) is 2.87. The fourth-order valence-corrected chi connectivity index (χ4v) is 2.18. The van der Waals surface area contributed by atoms with Crippen molar-refractivity contribution in [3.63, 3.8) is 0 Å². The Bertz CT molecular complexity index is 677. The van der Waals surface area contributed by atoms with Crippen molar-refractivity contribution in [2.24, 2.45) is 0 Å². The average molecular weight is 290 g/mol. The van der Waals surface area contributed by atoms with E-state index in [0.29, 0.717) is 17.0 Å². The summed E-state index contributed by atoms with van der Waals surface area (Å²) in [6.07, 6.45) is 1.60. The van der Waals surface area contributed by atoms with Gasteiger partial charge in [-0.2, -0.15) is 0 Å². The lowest BCUT2D eigenvalue weighted by atomic mass is 10.1. The number of rotatable bonds is 1. The van der Waals surface area contributed by atoms with Crippen LogP contribution in [0.25, 0.3) is 22.4 Å². The molecule has 0 atom stereocenters. The molecule has 0 saturated heterocycles. The van der Waals surface area contributed by atoms with Gasteiger partial charge in [-0.3, -0.25) is 0 Å². The number of hydrogen-bond acceptors (Lipinski definition) is 3. The first-order chi connectivity index (χ1) is 8.25. The van der Waals surface area contributed by atoms with Crippen LogP contribution in [0, 0.1) is 0 Å². The molecule has 2 heterocycles. The van der Waals surface area contributed by atoms with Gasteiger partial charge in [0.15, 0.2) is 5.76 Å². The Labute approximate surface area is 106 Å². The standard InChI is InChI=1S/C13H8BrNO2/c14-9-4-6-11(16)13-8(9)3-5-10(15-13)12-2-1-7-17-12/h1-7,16H. The van der Waals surface area contributed by atoms with Crippen molar-refractivity contribution in [2.75, 3.05) is 0 Å². The minimum atomic E-state index is 0.164. The molecule has 1 N–H and O–H groups in total. The molecule has 0 fully saturated rings. The normalized spacial score (nSPS) is 10.9. The van der Waals surface area contributed by atoms with Crippen LogP contribution < -0.4 is 0 Å². The largest absolute Gasteiger partial charge is 0.506 e. The van der Waals surface area contributed by atoms with Crippen molar-refractivity contribution in [3.8, 4) is 17.2 Å². The number of furan rings is 1. The third-order valence-corrected chi connectivity index (χ3v) is 3.25. The quantitative estimate of drug-likeness (QED) is 0.737. The van der Waals surface area contributed by atoms with Crippen LogP contribution in [-0.4, -0.2) is 10.1 Å². The maximum absolute atomic E-state index is 9.80. The topological polar surface area (TPSA) is 46.3 Å². The van der Waals surface area contributed by atoms with Crippen LogP contribution in [-0.2, 0) is 0 Å². The highest BCUT2D eigenvalue weighted by atomic mass is 79.9. The molecule has 0 aliphatic heterocycles. The van der Waals surface area contributed by atoms with Crippen molar-refractivity contribution in [2.45, 2.75) is 0 Å². The zero-order valence-corrected chi connectivity index (χ0v) is 10.3. The Hall–Kier alpha value is -1.81. The summed E-state index contributed by atoms with van der Waals surface area (Å²) in [7, 11) is 0. The summed E-state index contributed by atoms with van der Waals surface area (Å²) >= 11 is 3.43. The van der Waals surface area contributed by atoms with E-state index < -0.39 is 0 Å². The van der Waals surface area contributed by atoms with Gasteiger partial charge in [-0.15, -0.1) is 0 Å². The fourth-order valence-electron chi connectivity index (χ4n) is 1.73. The molecule has 4 heteroatoms. The van der Waals surface area contributed by atoms with Crippen LogP contribution in [0.2, 0.25) is 0 Å². The molecule has 0 aliphatic carbocycles. The molecular formula is C13H8BrNO2.